The molecule has 3 aromatic rings. The molecule has 0 N–H and O–H groups in total. The van der Waals surface area contributed by atoms with Gasteiger partial charge in [0, 0.05) is 0 Å². The van der Waals surface area contributed by atoms with E-state index in [4.69, 9.17) is 3.32 Å². The van der Waals surface area contributed by atoms with E-state index < -0.39 is 5.60 Å². The Morgan fingerprint density at radius 2 is 1.28 bits per heavy atom. The molecule has 0 fully saturated rings. The zero-order valence-corrected chi connectivity index (χ0v) is 19.4. The molecule has 147 valence electrons. The largest absolute Gasteiger partial charge is 0.147 e. The maximum absolute atomic E-state index is 6.39. The molecule has 1 aliphatic rings. The minimum Gasteiger partial charge on any atom is -0.147 e. The maximum atomic E-state index is 6.39. The quantitative estimate of drug-likeness (QED) is 0.295. The summed E-state index contributed by atoms with van der Waals surface area (Å²) in [5, 5.41) is 0. The van der Waals surface area contributed by atoms with Crippen molar-refractivity contribution in [3.05, 3.63) is 125 Å². The number of benzene rings is 3. The van der Waals surface area contributed by atoms with Crippen LogP contribution in [0, 0.1) is 0 Å². The van der Waals surface area contributed by atoms with Crippen molar-refractivity contribution in [1.29, 1.82) is 0 Å². The fourth-order valence-corrected chi connectivity index (χ4v) is 4.53. The molecule has 3 aromatic carbocycles. The van der Waals surface area contributed by atoms with E-state index in [1.165, 1.54) is 22.3 Å². The molecule has 0 aliphatic heterocycles. The van der Waals surface area contributed by atoms with Crippen molar-refractivity contribution >= 4 is 30.4 Å². The Morgan fingerprint density at radius 3 is 1.76 bits per heavy atom. The fraction of sp³-hybridized carbons (Fsp3) is 0.120. The molecule has 0 radical (unpaired) electrons. The fourth-order valence-electron chi connectivity index (χ4n) is 3.99. The Bertz CT molecular complexity index is 958. The summed E-state index contributed by atoms with van der Waals surface area (Å²) in [4.78, 5) is 0. The first-order valence-corrected chi connectivity index (χ1v) is 9.83. The second-order valence-electron chi connectivity index (χ2n) is 6.83. The minimum atomic E-state index is -0.658. The number of halogens is 2. The third-order valence-corrected chi connectivity index (χ3v) is 5.79. The average molecular weight is 458 g/mol. The van der Waals surface area contributed by atoms with E-state index >= 15 is 0 Å². The van der Waals surface area contributed by atoms with Crippen LogP contribution in [0.4, 0.5) is 0 Å². The molecule has 0 bridgehead atoms. The Hall–Kier alpha value is -1.61. The molecule has 0 unspecified atom stereocenters. The molecule has 0 spiro atoms. The van der Waals surface area contributed by atoms with Gasteiger partial charge in [-0.1, -0.05) is 0 Å². The van der Waals surface area contributed by atoms with Crippen LogP contribution in [0.5, 0.6) is 0 Å². The molecule has 1 nitrogen and oxygen atoms in total. The van der Waals surface area contributed by atoms with E-state index in [2.05, 4.69) is 91.9 Å². The third-order valence-electron chi connectivity index (χ3n) is 5.31. The van der Waals surface area contributed by atoms with E-state index in [0.717, 1.165) is 17.5 Å². The smallest absolute Gasteiger partial charge is 0.147 e. The summed E-state index contributed by atoms with van der Waals surface area (Å²) < 4.78 is 6.39. The SMILES string of the molecule is CC1=C(c2ccccc2C([O][Ti])(c2ccccc2)c2ccccc2)CC=C1.Cl.Cl. The van der Waals surface area contributed by atoms with Crippen LogP contribution in [-0.2, 0) is 29.7 Å². The maximum Gasteiger partial charge on any atom is -0.147 e. The summed E-state index contributed by atoms with van der Waals surface area (Å²) in [7, 11) is 0. The Morgan fingerprint density at radius 1 is 0.759 bits per heavy atom. The van der Waals surface area contributed by atoms with Crippen molar-refractivity contribution < 1.29 is 24.1 Å². The van der Waals surface area contributed by atoms with Crippen molar-refractivity contribution in [2.24, 2.45) is 0 Å². The van der Waals surface area contributed by atoms with E-state index in [0.29, 0.717) is 0 Å². The molecular weight excluding hydrogens is 435 g/mol. The number of allylic oxidation sites excluding steroid dienone is 4. The Labute approximate surface area is 197 Å². The Balaban J connectivity index is 0.00000150. The molecule has 4 rings (SSSR count). The van der Waals surface area contributed by atoms with Gasteiger partial charge in [0.1, 0.15) is 0 Å². The zero-order chi connectivity index (χ0) is 18.7. The molecule has 0 heterocycles. The van der Waals surface area contributed by atoms with Crippen LogP contribution in [0.2, 0.25) is 0 Å². The molecule has 29 heavy (non-hydrogen) atoms. The Kier molecular flexibility index (Phi) is 8.51. The van der Waals surface area contributed by atoms with Crippen molar-refractivity contribution in [1.82, 2.24) is 0 Å². The minimum absolute atomic E-state index is 0. The van der Waals surface area contributed by atoms with Gasteiger partial charge in [-0.25, -0.2) is 0 Å². The summed E-state index contributed by atoms with van der Waals surface area (Å²) in [6, 6.07) is 29.7. The van der Waals surface area contributed by atoms with Crippen molar-refractivity contribution in [2.75, 3.05) is 0 Å². The van der Waals surface area contributed by atoms with Crippen LogP contribution in [0.25, 0.3) is 5.57 Å². The van der Waals surface area contributed by atoms with Crippen LogP contribution in [-0.4, -0.2) is 0 Å². The van der Waals surface area contributed by atoms with E-state index in [1.807, 2.05) is 33.0 Å². The molecule has 0 amide bonds. The predicted molar refractivity (Wildman–Crippen MR) is 121 cm³/mol. The molecule has 0 atom stereocenters. The van der Waals surface area contributed by atoms with Gasteiger partial charge in [-0.15, -0.1) is 24.8 Å². The van der Waals surface area contributed by atoms with Gasteiger partial charge < -0.3 is 0 Å². The van der Waals surface area contributed by atoms with Gasteiger partial charge in [0.2, 0.25) is 0 Å². The third kappa shape index (κ3) is 4.31. The summed E-state index contributed by atoms with van der Waals surface area (Å²) in [6.45, 7) is 2.19. The predicted octanol–water partition coefficient (Wildman–Crippen LogP) is 7.03. The molecule has 1 aliphatic carbocycles. The first-order chi connectivity index (χ1) is 13.3. The first-order valence-electron chi connectivity index (χ1n) is 9.19. The van der Waals surface area contributed by atoms with E-state index in [-0.39, 0.29) is 24.8 Å². The normalized spacial score (nSPS) is 13.0. The average Bonchev–Trinajstić information content (AvgIpc) is 3.17. The van der Waals surface area contributed by atoms with Crippen molar-refractivity contribution in [3.8, 4) is 0 Å². The molecule has 4 heteroatoms. The van der Waals surface area contributed by atoms with E-state index in [9.17, 15) is 0 Å². The molecule has 0 aromatic heterocycles. The van der Waals surface area contributed by atoms with Gasteiger partial charge in [-0.3, -0.25) is 0 Å². The van der Waals surface area contributed by atoms with Gasteiger partial charge in [-0.05, 0) is 0 Å². The first kappa shape index (κ1) is 23.7. The van der Waals surface area contributed by atoms with Crippen LogP contribution < -0.4 is 0 Å². The zero-order valence-electron chi connectivity index (χ0n) is 16.2. The van der Waals surface area contributed by atoms with Crippen molar-refractivity contribution in [3.63, 3.8) is 0 Å². The molecule has 0 saturated carbocycles. The molecular formula is C25H23Cl2OTi. The monoisotopic (exact) mass is 457 g/mol. The van der Waals surface area contributed by atoms with Crippen LogP contribution in [0.1, 0.15) is 35.6 Å². The van der Waals surface area contributed by atoms with Crippen molar-refractivity contribution in [2.45, 2.75) is 18.9 Å². The summed E-state index contributed by atoms with van der Waals surface area (Å²) in [6.07, 6.45) is 5.42. The summed E-state index contributed by atoms with van der Waals surface area (Å²) in [5.41, 5.74) is 6.75. The number of hydrogen-bond donors (Lipinski definition) is 0. The van der Waals surface area contributed by atoms with Gasteiger partial charge >= 0.3 is 174 Å². The van der Waals surface area contributed by atoms with Gasteiger partial charge in [0.05, 0.1) is 0 Å². The van der Waals surface area contributed by atoms with Gasteiger partial charge in [-0.2, -0.15) is 0 Å². The summed E-state index contributed by atoms with van der Waals surface area (Å²) in [5.74, 6) is 0. The second kappa shape index (κ2) is 10.4. The number of rotatable bonds is 5. The number of hydrogen-bond acceptors (Lipinski definition) is 1. The standard InChI is InChI=1S/C25H21O.2ClH.Ti/c1-19-11-10-17-22(19)23-16-8-9-18-24(23)25(26,20-12-4-2-5-13-20)21-14-6-3-7-15-21;;;/h2-16,18H,17H2,1H3;2*1H;/q-1;;;+1. The molecule has 0 saturated heterocycles. The topological polar surface area (TPSA) is 9.23 Å². The van der Waals surface area contributed by atoms with Gasteiger partial charge in [0.25, 0.3) is 0 Å². The second-order valence-corrected chi connectivity index (χ2v) is 7.15. The van der Waals surface area contributed by atoms with Crippen LogP contribution in [0.15, 0.2) is 103 Å². The van der Waals surface area contributed by atoms with Crippen LogP contribution in [0.3, 0.4) is 0 Å². The van der Waals surface area contributed by atoms with Crippen LogP contribution >= 0.6 is 24.8 Å². The summed E-state index contributed by atoms with van der Waals surface area (Å²) >= 11 is 1.81. The van der Waals surface area contributed by atoms with E-state index in [1.54, 1.807) is 0 Å². The van der Waals surface area contributed by atoms with Gasteiger partial charge in [0.15, 0.2) is 0 Å².